The number of esters is 1. The molecule has 7 heteroatoms. The third kappa shape index (κ3) is 7.25. The van der Waals surface area contributed by atoms with Crippen molar-refractivity contribution in [3.05, 3.63) is 84.6 Å². The number of benzene rings is 3. The molecule has 0 aliphatic rings. The number of rotatable bonds is 13. The molecule has 3 aromatic carbocycles. The first kappa shape index (κ1) is 24.2. The summed E-state index contributed by atoms with van der Waals surface area (Å²) in [4.78, 5) is 14.5. The summed E-state index contributed by atoms with van der Waals surface area (Å²) >= 11 is 0. The van der Waals surface area contributed by atoms with Crippen LogP contribution >= 0.6 is 0 Å². The molecule has 0 aliphatic carbocycles. The number of hydrogen-bond acceptors (Lipinski definition) is 6. The van der Waals surface area contributed by atoms with Crippen LogP contribution < -0.4 is 19.5 Å². The van der Waals surface area contributed by atoms with Crippen molar-refractivity contribution in [2.75, 3.05) is 33.4 Å². The molecule has 1 aromatic heterocycles. The zero-order valence-corrected chi connectivity index (χ0v) is 19.8. The SMILES string of the molecule is COC(=O)CCNCCc1c[nH]c2ccc(OCCOc3ccc(Oc4ccccc4)cc3)cc12. The van der Waals surface area contributed by atoms with Crippen LogP contribution in [-0.2, 0) is 16.0 Å². The summed E-state index contributed by atoms with van der Waals surface area (Å²) in [5, 5.41) is 4.40. The van der Waals surface area contributed by atoms with Gasteiger partial charge in [0.1, 0.15) is 36.2 Å². The Bertz CT molecular complexity index is 1210. The van der Waals surface area contributed by atoms with E-state index in [1.807, 2.05) is 79.0 Å². The lowest BCUT2D eigenvalue weighted by atomic mass is 10.1. The van der Waals surface area contributed by atoms with Crippen molar-refractivity contribution in [1.82, 2.24) is 10.3 Å². The lowest BCUT2D eigenvalue weighted by molar-refractivity contribution is -0.140. The van der Waals surface area contributed by atoms with Gasteiger partial charge in [0.2, 0.25) is 0 Å². The summed E-state index contributed by atoms with van der Waals surface area (Å²) in [7, 11) is 1.40. The van der Waals surface area contributed by atoms with E-state index in [1.165, 1.54) is 12.7 Å². The first-order valence-corrected chi connectivity index (χ1v) is 11.7. The molecular weight excluding hydrogens is 444 g/mol. The molecule has 1 heterocycles. The fraction of sp³-hybridized carbons (Fsp3) is 0.250. The van der Waals surface area contributed by atoms with E-state index in [0.29, 0.717) is 26.2 Å². The topological polar surface area (TPSA) is 81.8 Å². The second kappa shape index (κ2) is 12.5. The monoisotopic (exact) mass is 474 g/mol. The number of H-pyrrole nitrogens is 1. The van der Waals surface area contributed by atoms with Crippen molar-refractivity contribution in [2.45, 2.75) is 12.8 Å². The smallest absolute Gasteiger partial charge is 0.306 e. The van der Waals surface area contributed by atoms with E-state index in [1.54, 1.807) is 0 Å². The second-order valence-electron chi connectivity index (χ2n) is 7.93. The number of fused-ring (bicyclic) bond motifs is 1. The quantitative estimate of drug-likeness (QED) is 0.207. The van der Waals surface area contributed by atoms with E-state index in [0.717, 1.165) is 46.9 Å². The highest BCUT2D eigenvalue weighted by molar-refractivity contribution is 5.84. The number of aromatic amines is 1. The molecule has 0 spiro atoms. The van der Waals surface area contributed by atoms with E-state index in [4.69, 9.17) is 14.2 Å². The number of methoxy groups -OCH3 is 1. The number of aromatic nitrogens is 1. The molecule has 4 aromatic rings. The molecule has 0 unspecified atom stereocenters. The molecule has 0 atom stereocenters. The van der Waals surface area contributed by atoms with Crippen molar-refractivity contribution in [1.29, 1.82) is 0 Å². The van der Waals surface area contributed by atoms with E-state index in [2.05, 4.69) is 15.0 Å². The van der Waals surface area contributed by atoms with Gasteiger partial charge in [-0.2, -0.15) is 0 Å². The van der Waals surface area contributed by atoms with Crippen LogP contribution in [0.3, 0.4) is 0 Å². The summed E-state index contributed by atoms with van der Waals surface area (Å²) in [6.07, 6.45) is 3.23. The van der Waals surface area contributed by atoms with E-state index < -0.39 is 0 Å². The van der Waals surface area contributed by atoms with Crippen LogP contribution in [0.4, 0.5) is 0 Å². The van der Waals surface area contributed by atoms with Crippen molar-refractivity contribution in [3.63, 3.8) is 0 Å². The Morgan fingerprint density at radius 1 is 0.829 bits per heavy atom. The molecule has 7 nitrogen and oxygen atoms in total. The Morgan fingerprint density at radius 2 is 1.51 bits per heavy atom. The standard InChI is InChI=1S/C28H30N2O5/c1-32-28(31)14-16-29-15-13-21-20-30-27-12-11-25(19-26(21)27)34-18-17-33-22-7-9-24(10-8-22)35-23-5-3-2-4-6-23/h2-12,19-20,29-30H,13-18H2,1H3. The summed E-state index contributed by atoms with van der Waals surface area (Å²) in [5.74, 6) is 2.91. The van der Waals surface area contributed by atoms with Crippen LogP contribution in [0.1, 0.15) is 12.0 Å². The van der Waals surface area contributed by atoms with Gasteiger partial charge in [-0.15, -0.1) is 0 Å². The van der Waals surface area contributed by atoms with Crippen molar-refractivity contribution in [2.24, 2.45) is 0 Å². The summed E-state index contributed by atoms with van der Waals surface area (Å²) < 4.78 is 22.2. The number of hydrogen-bond donors (Lipinski definition) is 2. The van der Waals surface area contributed by atoms with Crippen molar-refractivity contribution >= 4 is 16.9 Å². The van der Waals surface area contributed by atoms with Gasteiger partial charge >= 0.3 is 5.97 Å². The highest BCUT2D eigenvalue weighted by atomic mass is 16.5. The number of carbonyl (C=O) groups is 1. The van der Waals surface area contributed by atoms with Crippen LogP contribution in [0, 0.1) is 0 Å². The summed E-state index contributed by atoms with van der Waals surface area (Å²) in [6.45, 7) is 2.24. The Labute approximate surface area is 205 Å². The summed E-state index contributed by atoms with van der Waals surface area (Å²) in [5.41, 5.74) is 2.26. The first-order valence-electron chi connectivity index (χ1n) is 11.7. The fourth-order valence-corrected chi connectivity index (χ4v) is 3.64. The zero-order chi connectivity index (χ0) is 24.3. The van der Waals surface area contributed by atoms with E-state index in [9.17, 15) is 4.79 Å². The minimum absolute atomic E-state index is 0.204. The maximum Gasteiger partial charge on any atom is 0.306 e. The molecule has 0 bridgehead atoms. The van der Waals surface area contributed by atoms with Gasteiger partial charge < -0.3 is 29.2 Å². The highest BCUT2D eigenvalue weighted by Gasteiger charge is 2.06. The molecular formula is C28H30N2O5. The molecule has 0 amide bonds. The number of ether oxygens (including phenoxy) is 4. The zero-order valence-electron chi connectivity index (χ0n) is 19.8. The highest BCUT2D eigenvalue weighted by Crippen LogP contribution is 2.25. The molecule has 182 valence electrons. The van der Waals surface area contributed by atoms with Crippen LogP contribution in [0.25, 0.3) is 10.9 Å². The van der Waals surface area contributed by atoms with Crippen LogP contribution in [0.15, 0.2) is 79.0 Å². The minimum atomic E-state index is -0.204. The lowest BCUT2D eigenvalue weighted by Crippen LogP contribution is -2.21. The Hall–Kier alpha value is -3.97. The fourth-order valence-electron chi connectivity index (χ4n) is 3.64. The first-order chi connectivity index (χ1) is 17.2. The maximum absolute atomic E-state index is 11.2. The molecule has 0 fully saturated rings. The third-order valence-electron chi connectivity index (χ3n) is 5.47. The van der Waals surface area contributed by atoms with Crippen molar-refractivity contribution < 1.29 is 23.7 Å². The van der Waals surface area contributed by atoms with Crippen molar-refractivity contribution in [3.8, 4) is 23.0 Å². The lowest BCUT2D eigenvalue weighted by Gasteiger charge is -2.10. The average molecular weight is 475 g/mol. The van der Waals surface area contributed by atoms with Gasteiger partial charge in [-0.25, -0.2) is 0 Å². The normalized spacial score (nSPS) is 10.8. The van der Waals surface area contributed by atoms with Crippen LogP contribution in [0.5, 0.6) is 23.0 Å². The molecule has 0 aliphatic heterocycles. The largest absolute Gasteiger partial charge is 0.490 e. The van der Waals surface area contributed by atoms with Gasteiger partial charge in [-0.3, -0.25) is 4.79 Å². The van der Waals surface area contributed by atoms with E-state index in [-0.39, 0.29) is 5.97 Å². The predicted molar refractivity (Wildman–Crippen MR) is 135 cm³/mol. The Balaban J connectivity index is 1.21. The Morgan fingerprint density at radius 3 is 2.29 bits per heavy atom. The minimum Gasteiger partial charge on any atom is -0.490 e. The van der Waals surface area contributed by atoms with Gasteiger partial charge in [0.05, 0.1) is 13.5 Å². The molecule has 0 saturated carbocycles. The van der Waals surface area contributed by atoms with E-state index >= 15 is 0 Å². The number of carbonyl (C=O) groups excluding carboxylic acids is 1. The van der Waals surface area contributed by atoms with Gasteiger partial charge in [-0.05, 0) is 73.1 Å². The number of para-hydroxylation sites is 1. The molecule has 4 rings (SSSR count). The maximum atomic E-state index is 11.2. The predicted octanol–water partition coefficient (Wildman–Crippen LogP) is 5.11. The molecule has 0 radical (unpaired) electrons. The Kier molecular flexibility index (Phi) is 8.62. The van der Waals surface area contributed by atoms with Gasteiger partial charge in [0.25, 0.3) is 0 Å². The molecule has 35 heavy (non-hydrogen) atoms. The molecule has 0 saturated heterocycles. The molecule has 2 N–H and O–H groups in total. The van der Waals surface area contributed by atoms with Crippen LogP contribution in [-0.4, -0.2) is 44.4 Å². The van der Waals surface area contributed by atoms with Gasteiger partial charge in [0.15, 0.2) is 0 Å². The third-order valence-corrected chi connectivity index (χ3v) is 5.47. The second-order valence-corrected chi connectivity index (χ2v) is 7.93. The average Bonchev–Trinajstić information content (AvgIpc) is 3.30. The summed E-state index contributed by atoms with van der Waals surface area (Å²) in [6, 6.07) is 23.2. The van der Waals surface area contributed by atoms with Gasteiger partial charge in [-0.1, -0.05) is 18.2 Å². The van der Waals surface area contributed by atoms with Crippen LogP contribution in [0.2, 0.25) is 0 Å². The van der Waals surface area contributed by atoms with Gasteiger partial charge in [0, 0.05) is 23.6 Å². The number of nitrogens with one attached hydrogen (secondary N) is 2.